The van der Waals surface area contributed by atoms with E-state index in [9.17, 15) is 0 Å². The normalized spacial score (nSPS) is 24.9. The number of rotatable bonds is 3. The second-order valence-electron chi connectivity index (χ2n) is 5.01. The van der Waals surface area contributed by atoms with E-state index in [1.165, 1.54) is 48.8 Å². The summed E-state index contributed by atoms with van der Waals surface area (Å²) in [6, 6.07) is 0. The molecule has 0 N–H and O–H groups in total. The van der Waals surface area contributed by atoms with Crippen LogP contribution >= 0.6 is 0 Å². The Labute approximate surface area is 99.4 Å². The summed E-state index contributed by atoms with van der Waals surface area (Å²) >= 11 is 0. The quantitative estimate of drug-likeness (QED) is 0.623. The van der Waals surface area contributed by atoms with Gasteiger partial charge in [-0.25, -0.2) is 0 Å². The topological polar surface area (TPSA) is 0 Å². The van der Waals surface area contributed by atoms with Crippen molar-refractivity contribution in [3.63, 3.8) is 0 Å². The highest BCUT2D eigenvalue weighted by atomic mass is 14.2. The van der Waals surface area contributed by atoms with Crippen molar-refractivity contribution in [2.24, 2.45) is 5.92 Å². The van der Waals surface area contributed by atoms with E-state index >= 15 is 0 Å². The van der Waals surface area contributed by atoms with Crippen molar-refractivity contribution in [1.82, 2.24) is 0 Å². The van der Waals surface area contributed by atoms with E-state index < -0.39 is 0 Å². The maximum atomic E-state index is 2.43. The number of hydrogen-bond donors (Lipinski definition) is 0. The van der Waals surface area contributed by atoms with E-state index in [0.29, 0.717) is 0 Å². The van der Waals surface area contributed by atoms with Crippen molar-refractivity contribution in [3.8, 4) is 0 Å². The molecule has 86 valence electrons. The molecule has 0 radical (unpaired) electrons. The molecule has 0 aliphatic heterocycles. The van der Waals surface area contributed by atoms with Crippen molar-refractivity contribution in [2.75, 3.05) is 0 Å². The molecule has 0 heterocycles. The van der Waals surface area contributed by atoms with Gasteiger partial charge in [0.15, 0.2) is 0 Å². The molecule has 1 atom stereocenters. The van der Waals surface area contributed by atoms with Gasteiger partial charge in [-0.2, -0.15) is 0 Å². The van der Waals surface area contributed by atoms with Crippen LogP contribution < -0.4 is 0 Å². The van der Waals surface area contributed by atoms with Gasteiger partial charge in [-0.1, -0.05) is 49.3 Å². The van der Waals surface area contributed by atoms with Crippen molar-refractivity contribution >= 4 is 0 Å². The lowest BCUT2D eigenvalue weighted by Crippen LogP contribution is -2.02. The molecule has 0 saturated heterocycles. The van der Waals surface area contributed by atoms with Gasteiger partial charge < -0.3 is 0 Å². The van der Waals surface area contributed by atoms with Crippen molar-refractivity contribution in [3.05, 3.63) is 47.1 Å². The predicted molar refractivity (Wildman–Crippen MR) is 71.3 cm³/mol. The summed E-state index contributed by atoms with van der Waals surface area (Å²) in [5.41, 5.74) is 4.50. The van der Waals surface area contributed by atoms with Gasteiger partial charge in [0.2, 0.25) is 0 Å². The fourth-order valence-corrected chi connectivity index (χ4v) is 2.47. The molecular weight excluding hydrogens is 192 g/mol. The lowest BCUT2D eigenvalue weighted by atomic mass is 9.87. The molecular formula is C16H22. The van der Waals surface area contributed by atoms with Gasteiger partial charge in [0.25, 0.3) is 0 Å². The van der Waals surface area contributed by atoms with Crippen molar-refractivity contribution < 1.29 is 0 Å². The minimum atomic E-state index is 0.787. The molecule has 0 heteroatoms. The molecule has 0 aromatic rings. The summed E-state index contributed by atoms with van der Waals surface area (Å²) in [6.45, 7) is 4.49. The first-order valence-electron chi connectivity index (χ1n) is 6.54. The molecule has 2 rings (SSSR count). The Balaban J connectivity index is 2.01. The van der Waals surface area contributed by atoms with Gasteiger partial charge in [-0.3, -0.25) is 0 Å². The van der Waals surface area contributed by atoms with Crippen molar-refractivity contribution in [1.29, 1.82) is 0 Å². The predicted octanol–water partition coefficient (Wildman–Crippen LogP) is 4.96. The Kier molecular flexibility index (Phi) is 3.82. The third-order valence-electron chi connectivity index (χ3n) is 3.58. The van der Waals surface area contributed by atoms with E-state index in [1.54, 1.807) is 0 Å². The Morgan fingerprint density at radius 1 is 1.25 bits per heavy atom. The summed E-state index contributed by atoms with van der Waals surface area (Å²) in [5.74, 6) is 0.787. The fourth-order valence-electron chi connectivity index (χ4n) is 2.47. The lowest BCUT2D eigenvalue weighted by Gasteiger charge is -2.19. The lowest BCUT2D eigenvalue weighted by molar-refractivity contribution is 0.582. The molecule has 0 bridgehead atoms. The average molecular weight is 214 g/mol. The van der Waals surface area contributed by atoms with Crippen LogP contribution in [0.4, 0.5) is 0 Å². The maximum Gasteiger partial charge on any atom is -0.0195 e. The van der Waals surface area contributed by atoms with Crippen LogP contribution in [-0.4, -0.2) is 0 Å². The first-order chi connectivity index (χ1) is 7.79. The largest absolute Gasteiger partial charge is 0.0805 e. The minimum absolute atomic E-state index is 0.787. The molecule has 0 nitrogen and oxygen atoms in total. The van der Waals surface area contributed by atoms with Gasteiger partial charge in [-0.15, -0.1) is 0 Å². The van der Waals surface area contributed by atoms with E-state index in [-0.39, 0.29) is 0 Å². The standard InChI is InChI=1S/C16H22/c1-3-4-14-7-11-16(12-8-14)15-9-5-13(2)6-10-15/h5,7,9,11-12,14H,3-4,6,8,10H2,1-2H3/t14-/m0/s1. The van der Waals surface area contributed by atoms with Crippen LogP contribution in [-0.2, 0) is 0 Å². The van der Waals surface area contributed by atoms with E-state index in [1.807, 2.05) is 0 Å². The molecule has 0 amide bonds. The summed E-state index contributed by atoms with van der Waals surface area (Å²) in [4.78, 5) is 0. The molecule has 2 aliphatic carbocycles. The zero-order valence-electron chi connectivity index (χ0n) is 10.5. The second kappa shape index (κ2) is 5.34. The highest BCUT2D eigenvalue weighted by molar-refractivity contribution is 5.45. The first-order valence-corrected chi connectivity index (χ1v) is 6.54. The van der Waals surface area contributed by atoms with Crippen LogP contribution in [0.2, 0.25) is 0 Å². The number of hydrogen-bond acceptors (Lipinski definition) is 0. The summed E-state index contributed by atoms with van der Waals surface area (Å²) < 4.78 is 0. The Hall–Kier alpha value is -1.04. The highest BCUT2D eigenvalue weighted by Gasteiger charge is 2.11. The van der Waals surface area contributed by atoms with Crippen LogP contribution in [0, 0.1) is 5.92 Å². The Morgan fingerprint density at radius 3 is 2.69 bits per heavy atom. The zero-order valence-corrected chi connectivity index (χ0v) is 10.5. The Bertz CT molecular complexity index is 363. The van der Waals surface area contributed by atoms with E-state index in [4.69, 9.17) is 0 Å². The molecule has 2 aliphatic rings. The molecule has 0 fully saturated rings. The summed E-state index contributed by atoms with van der Waals surface area (Å²) in [5, 5.41) is 0. The summed E-state index contributed by atoms with van der Waals surface area (Å²) in [7, 11) is 0. The fraction of sp³-hybridized carbons (Fsp3) is 0.500. The molecule has 0 spiro atoms. The SMILES string of the molecule is CCC[C@H]1C=CC(C2=CC=C(C)CC2)=CC1. The first kappa shape index (κ1) is 11.4. The molecule has 0 unspecified atom stereocenters. The van der Waals surface area contributed by atoms with Crippen LogP contribution in [0.15, 0.2) is 47.1 Å². The summed E-state index contributed by atoms with van der Waals surface area (Å²) in [6.07, 6.45) is 18.1. The van der Waals surface area contributed by atoms with Crippen LogP contribution in [0.5, 0.6) is 0 Å². The monoisotopic (exact) mass is 214 g/mol. The molecule has 16 heavy (non-hydrogen) atoms. The van der Waals surface area contributed by atoms with Gasteiger partial charge in [0, 0.05) is 0 Å². The highest BCUT2D eigenvalue weighted by Crippen LogP contribution is 2.29. The average Bonchev–Trinajstić information content (AvgIpc) is 2.32. The van der Waals surface area contributed by atoms with Gasteiger partial charge in [-0.05, 0) is 49.7 Å². The van der Waals surface area contributed by atoms with Crippen LogP contribution in [0.25, 0.3) is 0 Å². The smallest absolute Gasteiger partial charge is 0.0195 e. The minimum Gasteiger partial charge on any atom is -0.0805 e. The third-order valence-corrected chi connectivity index (χ3v) is 3.58. The van der Waals surface area contributed by atoms with Crippen LogP contribution in [0.1, 0.15) is 46.0 Å². The second-order valence-corrected chi connectivity index (χ2v) is 5.01. The maximum absolute atomic E-state index is 2.43. The molecule has 0 aromatic carbocycles. The van der Waals surface area contributed by atoms with Gasteiger partial charge in [0.1, 0.15) is 0 Å². The number of allylic oxidation sites excluding steroid dienone is 8. The van der Waals surface area contributed by atoms with E-state index in [0.717, 1.165) is 5.92 Å². The Morgan fingerprint density at radius 2 is 2.12 bits per heavy atom. The van der Waals surface area contributed by atoms with Crippen LogP contribution in [0.3, 0.4) is 0 Å². The van der Waals surface area contributed by atoms with E-state index in [2.05, 4.69) is 44.2 Å². The molecule has 0 aromatic heterocycles. The zero-order chi connectivity index (χ0) is 11.4. The van der Waals surface area contributed by atoms with Gasteiger partial charge >= 0.3 is 0 Å². The molecule has 0 saturated carbocycles. The third kappa shape index (κ3) is 2.75. The van der Waals surface area contributed by atoms with Gasteiger partial charge in [0.05, 0.1) is 0 Å². The van der Waals surface area contributed by atoms with Crippen molar-refractivity contribution in [2.45, 2.75) is 46.0 Å².